The molecule has 0 saturated heterocycles. The summed E-state index contributed by atoms with van der Waals surface area (Å²) in [4.78, 5) is 26.1. The topological polar surface area (TPSA) is 99.8 Å². The van der Waals surface area contributed by atoms with Crippen molar-refractivity contribution < 1.29 is 4.92 Å². The van der Waals surface area contributed by atoms with Gasteiger partial charge in [-0.25, -0.2) is 0 Å². The molecule has 0 amide bonds. The maximum atomic E-state index is 12.2. The molecule has 2 heterocycles. The molecule has 7 heteroatoms. The summed E-state index contributed by atoms with van der Waals surface area (Å²) in [6.45, 7) is 0. The van der Waals surface area contributed by atoms with Crippen LogP contribution in [0.1, 0.15) is 5.56 Å². The third kappa shape index (κ3) is 2.75. The Balaban J connectivity index is 2.26. The Kier molecular flexibility index (Phi) is 3.75. The number of rotatable bonds is 3. The molecular weight excluding hydrogens is 314 g/mol. The summed E-state index contributed by atoms with van der Waals surface area (Å²) in [5.41, 5.74) is 0.739. The van der Waals surface area contributed by atoms with Gasteiger partial charge in [0.2, 0.25) is 0 Å². The summed E-state index contributed by atoms with van der Waals surface area (Å²) in [7, 11) is 0. The minimum absolute atomic E-state index is 0.0641. The van der Waals surface area contributed by atoms with E-state index in [1.165, 1.54) is 29.5 Å². The molecular formula is C16H9N3O3S. The van der Waals surface area contributed by atoms with Gasteiger partial charge in [-0.2, -0.15) is 5.26 Å². The average molecular weight is 323 g/mol. The van der Waals surface area contributed by atoms with Crippen molar-refractivity contribution in [2.75, 3.05) is 0 Å². The molecule has 0 radical (unpaired) electrons. The smallest absolute Gasteiger partial charge is 0.270 e. The zero-order chi connectivity index (χ0) is 16.4. The number of nitro benzene ring substituents is 1. The van der Waals surface area contributed by atoms with Crippen LogP contribution < -0.4 is 5.56 Å². The van der Waals surface area contributed by atoms with Crippen LogP contribution in [0.4, 0.5) is 5.69 Å². The quantitative estimate of drug-likeness (QED) is 0.588. The Morgan fingerprint density at radius 3 is 2.70 bits per heavy atom. The molecule has 1 aromatic carbocycles. The van der Waals surface area contributed by atoms with Gasteiger partial charge in [0.05, 0.1) is 15.5 Å². The van der Waals surface area contributed by atoms with E-state index in [1.54, 1.807) is 12.1 Å². The normalized spacial score (nSPS) is 10.2. The zero-order valence-corrected chi connectivity index (χ0v) is 12.5. The van der Waals surface area contributed by atoms with Crippen molar-refractivity contribution in [3.63, 3.8) is 0 Å². The van der Waals surface area contributed by atoms with Crippen molar-refractivity contribution in [2.24, 2.45) is 0 Å². The molecule has 0 aliphatic heterocycles. The largest absolute Gasteiger partial charge is 0.320 e. The lowest BCUT2D eigenvalue weighted by Gasteiger charge is -2.06. The van der Waals surface area contributed by atoms with E-state index < -0.39 is 10.5 Å². The van der Waals surface area contributed by atoms with Gasteiger partial charge in [0.1, 0.15) is 11.6 Å². The molecule has 6 nitrogen and oxygen atoms in total. The first kappa shape index (κ1) is 14.7. The molecule has 0 spiro atoms. The highest BCUT2D eigenvalue weighted by Gasteiger charge is 2.15. The first-order valence-corrected chi connectivity index (χ1v) is 7.44. The van der Waals surface area contributed by atoms with Crippen LogP contribution >= 0.6 is 11.3 Å². The van der Waals surface area contributed by atoms with Crippen molar-refractivity contribution >= 4 is 17.0 Å². The van der Waals surface area contributed by atoms with Crippen molar-refractivity contribution in [1.29, 1.82) is 5.26 Å². The minimum atomic E-state index is -0.514. The molecule has 0 atom stereocenters. The lowest BCUT2D eigenvalue weighted by molar-refractivity contribution is -0.384. The summed E-state index contributed by atoms with van der Waals surface area (Å²) in [5.74, 6) is 0. The van der Waals surface area contributed by atoms with E-state index in [0.717, 1.165) is 4.88 Å². The Bertz CT molecular complexity index is 985. The second-order valence-corrected chi connectivity index (χ2v) is 5.65. The summed E-state index contributed by atoms with van der Waals surface area (Å²) in [6, 6.07) is 13.1. The molecule has 3 aromatic rings. The fraction of sp³-hybridized carbons (Fsp3) is 0. The molecule has 0 bridgehead atoms. The van der Waals surface area contributed by atoms with Crippen molar-refractivity contribution in [2.45, 2.75) is 0 Å². The van der Waals surface area contributed by atoms with E-state index in [2.05, 4.69) is 4.98 Å². The van der Waals surface area contributed by atoms with Gasteiger partial charge >= 0.3 is 0 Å². The summed E-state index contributed by atoms with van der Waals surface area (Å²) >= 11 is 1.45. The predicted molar refractivity (Wildman–Crippen MR) is 87.2 cm³/mol. The monoisotopic (exact) mass is 323 g/mol. The number of hydrogen-bond acceptors (Lipinski definition) is 5. The van der Waals surface area contributed by atoms with E-state index in [9.17, 15) is 20.2 Å². The van der Waals surface area contributed by atoms with Gasteiger partial charge in [-0.3, -0.25) is 14.9 Å². The van der Waals surface area contributed by atoms with Crippen LogP contribution in [0.3, 0.4) is 0 Å². The van der Waals surface area contributed by atoms with Gasteiger partial charge in [-0.05, 0) is 23.1 Å². The average Bonchev–Trinajstić information content (AvgIpc) is 3.08. The maximum absolute atomic E-state index is 12.2. The van der Waals surface area contributed by atoms with E-state index >= 15 is 0 Å². The van der Waals surface area contributed by atoms with Gasteiger partial charge < -0.3 is 4.98 Å². The molecule has 0 unspecified atom stereocenters. The van der Waals surface area contributed by atoms with Crippen molar-refractivity contribution in [3.05, 3.63) is 73.9 Å². The summed E-state index contributed by atoms with van der Waals surface area (Å²) < 4.78 is 0. The highest BCUT2D eigenvalue weighted by molar-refractivity contribution is 7.13. The molecule has 0 fully saturated rings. The number of aromatic nitrogens is 1. The van der Waals surface area contributed by atoms with E-state index in [4.69, 9.17) is 0 Å². The lowest BCUT2D eigenvalue weighted by atomic mass is 10.00. The second kappa shape index (κ2) is 5.87. The molecule has 0 saturated carbocycles. The Morgan fingerprint density at radius 1 is 1.22 bits per heavy atom. The van der Waals surface area contributed by atoms with Crippen LogP contribution in [-0.4, -0.2) is 9.91 Å². The number of hydrogen-bond donors (Lipinski definition) is 1. The molecule has 3 rings (SSSR count). The van der Waals surface area contributed by atoms with E-state index in [-0.39, 0.29) is 11.3 Å². The number of pyridine rings is 1. The van der Waals surface area contributed by atoms with Gasteiger partial charge in [-0.1, -0.05) is 18.2 Å². The molecule has 2 aromatic heterocycles. The maximum Gasteiger partial charge on any atom is 0.270 e. The number of nitro groups is 1. The molecule has 23 heavy (non-hydrogen) atoms. The number of nitriles is 1. The lowest BCUT2D eigenvalue weighted by Crippen LogP contribution is -2.12. The zero-order valence-electron chi connectivity index (χ0n) is 11.6. The molecule has 0 aliphatic rings. The van der Waals surface area contributed by atoms with E-state index in [0.29, 0.717) is 16.8 Å². The first-order chi connectivity index (χ1) is 11.1. The van der Waals surface area contributed by atoms with Crippen LogP contribution in [0.15, 0.2) is 52.6 Å². The van der Waals surface area contributed by atoms with Crippen LogP contribution in [0.5, 0.6) is 0 Å². The standard InChI is InChI=1S/C16H9N3O3S/c17-9-13-12(10-3-1-4-11(7-10)19(21)22)8-14(18-16(13)20)15-5-2-6-23-15/h1-8H,(H,18,20). The summed E-state index contributed by atoms with van der Waals surface area (Å²) in [5, 5.41) is 22.1. The fourth-order valence-electron chi connectivity index (χ4n) is 2.25. The minimum Gasteiger partial charge on any atom is -0.320 e. The number of thiophene rings is 1. The predicted octanol–water partition coefficient (Wildman–Crippen LogP) is 3.55. The van der Waals surface area contributed by atoms with Crippen LogP contribution in [-0.2, 0) is 0 Å². The number of nitrogens with zero attached hydrogens (tertiary/aromatic N) is 2. The molecule has 1 N–H and O–H groups in total. The molecule has 112 valence electrons. The fourth-order valence-corrected chi connectivity index (χ4v) is 2.95. The van der Waals surface area contributed by atoms with E-state index in [1.807, 2.05) is 23.6 Å². The third-order valence-corrected chi connectivity index (χ3v) is 4.20. The van der Waals surface area contributed by atoms with Gasteiger partial charge in [0, 0.05) is 17.7 Å². The van der Waals surface area contributed by atoms with Crippen molar-refractivity contribution in [3.8, 4) is 27.8 Å². The first-order valence-electron chi connectivity index (χ1n) is 6.56. The van der Waals surface area contributed by atoms with Gasteiger partial charge in [0.15, 0.2) is 0 Å². The van der Waals surface area contributed by atoms with Crippen LogP contribution in [0.25, 0.3) is 21.7 Å². The Hall–Kier alpha value is -3.24. The highest BCUT2D eigenvalue weighted by atomic mass is 32.1. The highest BCUT2D eigenvalue weighted by Crippen LogP contribution is 2.30. The third-order valence-electron chi connectivity index (χ3n) is 3.30. The number of non-ortho nitro benzene ring substituents is 1. The number of H-pyrrole nitrogens is 1. The second-order valence-electron chi connectivity index (χ2n) is 4.70. The number of nitrogens with one attached hydrogen (secondary N) is 1. The summed E-state index contributed by atoms with van der Waals surface area (Å²) in [6.07, 6.45) is 0. The Labute approximate surface area is 134 Å². The SMILES string of the molecule is N#Cc1c(-c2cccc([N+](=O)[O-])c2)cc(-c2cccs2)[nH]c1=O. The molecule has 0 aliphatic carbocycles. The van der Waals surface area contributed by atoms with Crippen LogP contribution in [0, 0.1) is 21.4 Å². The Morgan fingerprint density at radius 2 is 2.04 bits per heavy atom. The number of benzene rings is 1. The van der Waals surface area contributed by atoms with Crippen molar-refractivity contribution in [1.82, 2.24) is 4.98 Å². The van der Waals surface area contributed by atoms with Gasteiger partial charge in [-0.15, -0.1) is 11.3 Å². The number of aromatic amines is 1. The van der Waals surface area contributed by atoms with Crippen LogP contribution in [0.2, 0.25) is 0 Å². The van der Waals surface area contributed by atoms with Gasteiger partial charge in [0.25, 0.3) is 11.2 Å².